The normalized spacial score (nSPS) is 17.5. The fraction of sp³-hybridized carbons (Fsp3) is 0.312. The minimum Gasteiger partial charge on any atom is -0.304 e. The first-order valence-electron chi connectivity index (χ1n) is 6.67. The summed E-state index contributed by atoms with van der Waals surface area (Å²) in [7, 11) is 0. The third-order valence-corrected chi connectivity index (χ3v) is 4.59. The molecule has 0 bridgehead atoms. The van der Waals surface area contributed by atoms with Crippen LogP contribution in [0.3, 0.4) is 0 Å². The molecule has 1 aliphatic carbocycles. The molecule has 0 spiro atoms. The number of fused-ring (bicyclic) bond motifs is 1. The predicted molar refractivity (Wildman–Crippen MR) is 81.0 cm³/mol. The number of nitrogens with one attached hydrogen (secondary N) is 1. The van der Waals surface area contributed by atoms with Gasteiger partial charge in [-0.2, -0.15) is 0 Å². The maximum atomic E-state index is 4.44. The maximum absolute atomic E-state index is 4.44. The van der Waals surface area contributed by atoms with Gasteiger partial charge in [-0.1, -0.05) is 34.1 Å². The van der Waals surface area contributed by atoms with Gasteiger partial charge in [0.25, 0.3) is 0 Å². The first-order chi connectivity index (χ1) is 9.25. The lowest BCUT2D eigenvalue weighted by atomic mass is 10.1. The number of halogens is 1. The van der Waals surface area contributed by atoms with Gasteiger partial charge in [-0.25, -0.2) is 0 Å². The summed E-state index contributed by atoms with van der Waals surface area (Å²) in [5, 5.41) is 3.64. The highest BCUT2D eigenvalue weighted by Crippen LogP contribution is 2.35. The van der Waals surface area contributed by atoms with E-state index in [4.69, 9.17) is 0 Å². The van der Waals surface area contributed by atoms with E-state index >= 15 is 0 Å². The highest BCUT2D eigenvalue weighted by Gasteiger charge is 2.23. The summed E-state index contributed by atoms with van der Waals surface area (Å²) in [6.45, 7) is 2.95. The van der Waals surface area contributed by atoms with Gasteiger partial charge in [0.2, 0.25) is 0 Å². The summed E-state index contributed by atoms with van der Waals surface area (Å²) < 4.78 is 1.24. The van der Waals surface area contributed by atoms with E-state index in [0.29, 0.717) is 6.04 Å². The zero-order valence-electron chi connectivity index (χ0n) is 11.0. The zero-order chi connectivity index (χ0) is 13.2. The Morgan fingerprint density at radius 2 is 2.21 bits per heavy atom. The Kier molecular flexibility index (Phi) is 3.67. The SMILES string of the molecule is Cc1cccnc1CNC1CCc2c(Br)cccc21. The molecule has 0 saturated carbocycles. The molecule has 0 radical (unpaired) electrons. The van der Waals surface area contributed by atoms with Crippen LogP contribution in [0.4, 0.5) is 0 Å². The molecule has 0 fully saturated rings. The molecule has 1 unspecified atom stereocenters. The first kappa shape index (κ1) is 12.8. The Balaban J connectivity index is 1.74. The van der Waals surface area contributed by atoms with Crippen molar-refractivity contribution >= 4 is 15.9 Å². The Morgan fingerprint density at radius 3 is 3.05 bits per heavy atom. The number of aryl methyl sites for hydroxylation is 1. The van der Waals surface area contributed by atoms with Crippen LogP contribution in [0.1, 0.15) is 34.8 Å². The summed E-state index contributed by atoms with van der Waals surface area (Å²) in [4.78, 5) is 4.44. The van der Waals surface area contributed by atoms with E-state index in [1.54, 1.807) is 0 Å². The van der Waals surface area contributed by atoms with Crippen molar-refractivity contribution in [3.8, 4) is 0 Å². The Hall–Kier alpha value is -1.19. The first-order valence-corrected chi connectivity index (χ1v) is 7.46. The van der Waals surface area contributed by atoms with E-state index in [9.17, 15) is 0 Å². The molecule has 1 atom stereocenters. The monoisotopic (exact) mass is 316 g/mol. The maximum Gasteiger partial charge on any atom is 0.0570 e. The quantitative estimate of drug-likeness (QED) is 0.928. The molecular formula is C16H17BrN2. The van der Waals surface area contributed by atoms with Crippen molar-refractivity contribution in [3.05, 3.63) is 63.4 Å². The van der Waals surface area contributed by atoms with Gasteiger partial charge in [-0.3, -0.25) is 4.98 Å². The van der Waals surface area contributed by atoms with E-state index in [0.717, 1.165) is 18.7 Å². The van der Waals surface area contributed by atoms with Crippen LogP contribution in [0.2, 0.25) is 0 Å². The van der Waals surface area contributed by atoms with Gasteiger partial charge >= 0.3 is 0 Å². The third kappa shape index (κ3) is 2.58. The number of rotatable bonds is 3. The summed E-state index contributed by atoms with van der Waals surface area (Å²) in [5.41, 5.74) is 5.29. The number of hydrogen-bond donors (Lipinski definition) is 1. The highest BCUT2D eigenvalue weighted by molar-refractivity contribution is 9.10. The Morgan fingerprint density at radius 1 is 1.32 bits per heavy atom. The highest BCUT2D eigenvalue weighted by atomic mass is 79.9. The number of nitrogens with zero attached hydrogens (tertiary/aromatic N) is 1. The molecule has 1 aromatic carbocycles. The molecule has 3 heteroatoms. The van der Waals surface area contributed by atoms with Gasteiger partial charge in [0.05, 0.1) is 5.69 Å². The lowest BCUT2D eigenvalue weighted by molar-refractivity contribution is 0.524. The van der Waals surface area contributed by atoms with Crippen LogP contribution in [0.5, 0.6) is 0 Å². The molecule has 2 aromatic rings. The number of pyridine rings is 1. The van der Waals surface area contributed by atoms with Crippen molar-refractivity contribution in [2.24, 2.45) is 0 Å². The second-order valence-corrected chi connectivity index (χ2v) is 5.90. The third-order valence-electron chi connectivity index (χ3n) is 3.85. The number of aromatic nitrogens is 1. The van der Waals surface area contributed by atoms with Crippen molar-refractivity contribution in [1.29, 1.82) is 0 Å². The average Bonchev–Trinajstić information content (AvgIpc) is 2.83. The van der Waals surface area contributed by atoms with Crippen LogP contribution in [0.15, 0.2) is 41.0 Å². The van der Waals surface area contributed by atoms with Crippen molar-refractivity contribution in [1.82, 2.24) is 10.3 Å². The minimum absolute atomic E-state index is 0.453. The molecule has 2 nitrogen and oxygen atoms in total. The molecule has 0 saturated heterocycles. The molecule has 98 valence electrons. The fourth-order valence-corrected chi connectivity index (χ4v) is 3.32. The second-order valence-electron chi connectivity index (χ2n) is 5.05. The Labute approximate surface area is 122 Å². The fourth-order valence-electron chi connectivity index (χ4n) is 2.75. The summed E-state index contributed by atoms with van der Waals surface area (Å²) in [6.07, 6.45) is 4.18. The molecule has 1 heterocycles. The van der Waals surface area contributed by atoms with E-state index in [2.05, 4.69) is 57.4 Å². The van der Waals surface area contributed by atoms with E-state index in [-0.39, 0.29) is 0 Å². The second kappa shape index (κ2) is 5.43. The Bertz CT molecular complexity index is 595. The molecule has 3 rings (SSSR count). The topological polar surface area (TPSA) is 24.9 Å². The minimum atomic E-state index is 0.453. The molecule has 1 N–H and O–H groups in total. The van der Waals surface area contributed by atoms with Crippen molar-refractivity contribution < 1.29 is 0 Å². The van der Waals surface area contributed by atoms with Gasteiger partial charge in [0, 0.05) is 23.3 Å². The standard InChI is InChI=1S/C16H17BrN2/c1-11-4-3-9-18-16(11)10-19-15-8-7-12-13(15)5-2-6-14(12)17/h2-6,9,15,19H,7-8,10H2,1H3. The molecule has 19 heavy (non-hydrogen) atoms. The molecule has 1 aliphatic rings. The van der Waals surface area contributed by atoms with Crippen LogP contribution >= 0.6 is 15.9 Å². The van der Waals surface area contributed by atoms with Crippen LogP contribution in [0.25, 0.3) is 0 Å². The van der Waals surface area contributed by atoms with E-state index < -0.39 is 0 Å². The summed E-state index contributed by atoms with van der Waals surface area (Å²) in [6, 6.07) is 11.0. The van der Waals surface area contributed by atoms with E-state index in [1.165, 1.54) is 27.6 Å². The van der Waals surface area contributed by atoms with Crippen molar-refractivity contribution in [3.63, 3.8) is 0 Å². The van der Waals surface area contributed by atoms with Crippen LogP contribution in [-0.4, -0.2) is 4.98 Å². The van der Waals surface area contributed by atoms with Gasteiger partial charge in [-0.05, 0) is 48.6 Å². The van der Waals surface area contributed by atoms with Gasteiger partial charge in [-0.15, -0.1) is 0 Å². The molecule has 0 amide bonds. The van der Waals surface area contributed by atoms with Gasteiger partial charge in [0.1, 0.15) is 0 Å². The lowest BCUT2D eigenvalue weighted by Crippen LogP contribution is -2.19. The predicted octanol–water partition coefficient (Wildman–Crippen LogP) is 3.93. The lowest BCUT2D eigenvalue weighted by Gasteiger charge is -2.14. The summed E-state index contributed by atoms with van der Waals surface area (Å²) >= 11 is 3.64. The van der Waals surface area contributed by atoms with E-state index in [1.807, 2.05) is 12.3 Å². The summed E-state index contributed by atoms with van der Waals surface area (Å²) in [5.74, 6) is 0. The molecule has 0 aliphatic heterocycles. The average molecular weight is 317 g/mol. The number of benzene rings is 1. The smallest absolute Gasteiger partial charge is 0.0570 e. The van der Waals surface area contributed by atoms with Crippen LogP contribution in [-0.2, 0) is 13.0 Å². The van der Waals surface area contributed by atoms with Crippen molar-refractivity contribution in [2.75, 3.05) is 0 Å². The van der Waals surface area contributed by atoms with Gasteiger partial charge in [0.15, 0.2) is 0 Å². The zero-order valence-corrected chi connectivity index (χ0v) is 12.6. The molecular weight excluding hydrogens is 300 g/mol. The van der Waals surface area contributed by atoms with Gasteiger partial charge < -0.3 is 5.32 Å². The van der Waals surface area contributed by atoms with Crippen LogP contribution < -0.4 is 5.32 Å². The van der Waals surface area contributed by atoms with Crippen LogP contribution in [0, 0.1) is 6.92 Å². The largest absolute Gasteiger partial charge is 0.304 e. The number of hydrogen-bond acceptors (Lipinski definition) is 2. The molecule has 1 aromatic heterocycles. The van der Waals surface area contributed by atoms with Crippen molar-refractivity contribution in [2.45, 2.75) is 32.4 Å².